The molecular formula is C19H16N6O4S. The molecule has 4 rings (SSSR count). The summed E-state index contributed by atoms with van der Waals surface area (Å²) in [7, 11) is 1.61. The van der Waals surface area contributed by atoms with Crippen LogP contribution < -0.4 is 15.8 Å². The van der Waals surface area contributed by atoms with E-state index in [9.17, 15) is 9.59 Å². The highest BCUT2D eigenvalue weighted by Gasteiger charge is 2.12. The number of thioether (sulfide) groups is 1. The van der Waals surface area contributed by atoms with E-state index in [0.29, 0.717) is 16.4 Å². The molecule has 0 saturated carbocycles. The maximum atomic E-state index is 12.4. The third-order valence-electron chi connectivity index (χ3n) is 4.06. The molecule has 152 valence electrons. The van der Waals surface area contributed by atoms with Crippen molar-refractivity contribution in [2.24, 2.45) is 0 Å². The first-order valence-corrected chi connectivity index (χ1v) is 9.74. The highest BCUT2D eigenvalue weighted by Crippen LogP contribution is 2.22. The van der Waals surface area contributed by atoms with E-state index in [4.69, 9.17) is 4.74 Å². The van der Waals surface area contributed by atoms with Crippen LogP contribution in [0.1, 0.15) is 0 Å². The van der Waals surface area contributed by atoms with Crippen LogP contribution in [-0.4, -0.2) is 43.7 Å². The van der Waals surface area contributed by atoms with Gasteiger partial charge in [0.25, 0.3) is 0 Å². The Labute approximate surface area is 174 Å². The molecule has 1 amide bonds. The summed E-state index contributed by atoms with van der Waals surface area (Å²) in [6.07, 6.45) is 1.59. The van der Waals surface area contributed by atoms with Gasteiger partial charge in [0.2, 0.25) is 5.91 Å². The number of carbonyl (C=O) groups is 1. The van der Waals surface area contributed by atoms with Crippen molar-refractivity contribution in [3.05, 3.63) is 65.4 Å². The summed E-state index contributed by atoms with van der Waals surface area (Å²) in [6.45, 7) is 0. The molecule has 2 heterocycles. The highest BCUT2D eigenvalue weighted by molar-refractivity contribution is 7.99. The number of benzene rings is 2. The smallest absolute Gasteiger partial charge is 0.439 e. The zero-order valence-electron chi connectivity index (χ0n) is 15.7. The first-order chi connectivity index (χ1) is 14.6. The van der Waals surface area contributed by atoms with E-state index in [1.54, 1.807) is 42.3 Å². The number of carbonyl (C=O) groups excluding carboxylic acids is 1. The molecule has 0 aliphatic heterocycles. The maximum Gasteiger partial charge on any atom is 0.439 e. The molecule has 0 aliphatic rings. The Hall–Kier alpha value is -3.86. The Kier molecular flexibility index (Phi) is 5.61. The van der Waals surface area contributed by atoms with Crippen LogP contribution in [0.4, 0.5) is 5.69 Å². The molecule has 0 aliphatic carbocycles. The van der Waals surface area contributed by atoms with Gasteiger partial charge in [0.15, 0.2) is 11.0 Å². The molecule has 0 fully saturated rings. The first-order valence-electron chi connectivity index (χ1n) is 8.76. The minimum Gasteiger partial charge on any atom is -0.497 e. The van der Waals surface area contributed by atoms with E-state index in [0.717, 1.165) is 11.4 Å². The van der Waals surface area contributed by atoms with E-state index >= 15 is 0 Å². The maximum absolute atomic E-state index is 12.4. The number of nitrogens with zero attached hydrogens (tertiary/aromatic N) is 4. The average Bonchev–Trinajstić information content (AvgIpc) is 3.41. The number of ether oxygens (including phenoxy) is 1. The van der Waals surface area contributed by atoms with Gasteiger partial charge in [-0.1, -0.05) is 29.1 Å². The van der Waals surface area contributed by atoms with Gasteiger partial charge in [-0.2, -0.15) is 0 Å². The van der Waals surface area contributed by atoms with E-state index < -0.39 is 5.76 Å². The van der Waals surface area contributed by atoms with Gasteiger partial charge in [-0.15, -0.1) is 10.2 Å². The summed E-state index contributed by atoms with van der Waals surface area (Å²) in [5.41, 5.74) is 2.04. The molecule has 0 atom stereocenters. The second-order valence-corrected chi connectivity index (χ2v) is 6.99. The second kappa shape index (κ2) is 8.66. The number of aromatic amines is 1. The van der Waals surface area contributed by atoms with E-state index in [1.807, 2.05) is 24.3 Å². The van der Waals surface area contributed by atoms with Crippen molar-refractivity contribution in [1.82, 2.24) is 24.9 Å². The zero-order valence-corrected chi connectivity index (χ0v) is 16.5. The normalized spacial score (nSPS) is 10.7. The Morgan fingerprint density at radius 3 is 2.83 bits per heavy atom. The molecular weight excluding hydrogens is 408 g/mol. The molecule has 0 saturated heterocycles. The van der Waals surface area contributed by atoms with E-state index in [2.05, 4.69) is 30.2 Å². The number of H-pyrrole nitrogens is 1. The number of aromatic nitrogens is 5. The van der Waals surface area contributed by atoms with Crippen molar-refractivity contribution >= 4 is 23.4 Å². The monoisotopic (exact) mass is 424 g/mol. The Balaban J connectivity index is 1.40. The lowest BCUT2D eigenvalue weighted by Crippen LogP contribution is -2.14. The number of anilines is 1. The molecule has 0 spiro atoms. The lowest BCUT2D eigenvalue weighted by molar-refractivity contribution is -0.113. The van der Waals surface area contributed by atoms with Crippen molar-refractivity contribution in [2.75, 3.05) is 18.2 Å². The van der Waals surface area contributed by atoms with E-state index in [-0.39, 0.29) is 17.5 Å². The second-order valence-electron chi connectivity index (χ2n) is 6.04. The van der Waals surface area contributed by atoms with Crippen LogP contribution in [0.2, 0.25) is 0 Å². The minimum absolute atomic E-state index is 0.139. The quantitative estimate of drug-likeness (QED) is 0.433. The van der Waals surface area contributed by atoms with Crippen molar-refractivity contribution in [3.8, 4) is 22.8 Å². The van der Waals surface area contributed by atoms with Gasteiger partial charge in [-0.05, 0) is 36.4 Å². The first kappa shape index (κ1) is 19.5. The molecule has 0 unspecified atom stereocenters. The molecule has 4 aromatic rings. The fourth-order valence-electron chi connectivity index (χ4n) is 2.67. The fraction of sp³-hybridized carbons (Fsp3) is 0.105. The van der Waals surface area contributed by atoms with Gasteiger partial charge in [-0.3, -0.25) is 18.9 Å². The summed E-state index contributed by atoms with van der Waals surface area (Å²) < 4.78 is 11.5. The van der Waals surface area contributed by atoms with Crippen LogP contribution in [0.5, 0.6) is 5.75 Å². The molecule has 11 heteroatoms. The van der Waals surface area contributed by atoms with Gasteiger partial charge < -0.3 is 10.1 Å². The molecule has 2 aromatic heterocycles. The highest BCUT2D eigenvalue weighted by atomic mass is 32.2. The van der Waals surface area contributed by atoms with Crippen molar-refractivity contribution in [3.63, 3.8) is 0 Å². The Bertz CT molecular complexity index is 1210. The van der Waals surface area contributed by atoms with Crippen LogP contribution in [0, 0.1) is 0 Å². The van der Waals surface area contributed by atoms with Crippen LogP contribution in [0.15, 0.2) is 69.3 Å². The largest absolute Gasteiger partial charge is 0.497 e. The number of rotatable bonds is 7. The summed E-state index contributed by atoms with van der Waals surface area (Å²) in [6, 6.07) is 14.4. The number of methoxy groups -OCH3 is 1. The average molecular weight is 424 g/mol. The van der Waals surface area contributed by atoms with Crippen molar-refractivity contribution < 1.29 is 14.1 Å². The van der Waals surface area contributed by atoms with Gasteiger partial charge in [0.05, 0.1) is 12.9 Å². The van der Waals surface area contributed by atoms with Crippen LogP contribution in [-0.2, 0) is 4.79 Å². The number of hydrogen-bond acceptors (Lipinski definition) is 8. The lowest BCUT2D eigenvalue weighted by atomic mass is 10.2. The van der Waals surface area contributed by atoms with Gasteiger partial charge >= 0.3 is 5.76 Å². The topological polar surface area (TPSA) is 128 Å². The van der Waals surface area contributed by atoms with Crippen LogP contribution in [0.3, 0.4) is 0 Å². The van der Waals surface area contributed by atoms with E-state index in [1.165, 1.54) is 11.8 Å². The molecule has 0 bridgehead atoms. The third-order valence-corrected chi connectivity index (χ3v) is 5.00. The molecule has 30 heavy (non-hydrogen) atoms. The number of amides is 1. The summed E-state index contributed by atoms with van der Waals surface area (Å²) in [5.74, 6) is 0.321. The Morgan fingerprint density at radius 1 is 1.27 bits per heavy atom. The molecule has 0 radical (unpaired) electrons. The zero-order chi connectivity index (χ0) is 20.9. The Morgan fingerprint density at radius 2 is 2.10 bits per heavy atom. The van der Waals surface area contributed by atoms with Crippen molar-refractivity contribution in [2.45, 2.75) is 5.16 Å². The summed E-state index contributed by atoms with van der Waals surface area (Å²) in [4.78, 5) is 26.0. The van der Waals surface area contributed by atoms with Crippen LogP contribution >= 0.6 is 11.8 Å². The third kappa shape index (κ3) is 4.41. The number of nitrogens with one attached hydrogen (secondary N) is 2. The summed E-state index contributed by atoms with van der Waals surface area (Å²) in [5, 5.41) is 15.1. The van der Waals surface area contributed by atoms with Gasteiger partial charge in [0, 0.05) is 16.9 Å². The minimum atomic E-state index is -0.642. The molecule has 2 N–H and O–H groups in total. The predicted molar refractivity (Wildman–Crippen MR) is 110 cm³/mol. The van der Waals surface area contributed by atoms with Gasteiger partial charge in [-0.25, -0.2) is 4.79 Å². The van der Waals surface area contributed by atoms with Crippen molar-refractivity contribution in [1.29, 1.82) is 0 Å². The SMILES string of the molecule is COc1ccc(-n2cnnc2SCC(=O)Nc2cccc(-c3noc(=O)[nH]3)c2)cc1. The van der Waals surface area contributed by atoms with Gasteiger partial charge in [0.1, 0.15) is 12.1 Å². The molecule has 2 aromatic carbocycles. The standard InChI is InChI=1S/C19H16N6O4S/c1-28-15-7-5-14(6-8-15)25-11-20-23-18(25)30-10-16(26)21-13-4-2-3-12(9-13)17-22-19(27)29-24-17/h2-9,11H,10H2,1H3,(H,21,26)(H,22,24,27). The molecule has 10 nitrogen and oxygen atoms in total. The lowest BCUT2D eigenvalue weighted by Gasteiger charge is -2.08. The number of hydrogen-bond donors (Lipinski definition) is 2. The fourth-order valence-corrected chi connectivity index (χ4v) is 3.40. The van der Waals surface area contributed by atoms with Crippen LogP contribution in [0.25, 0.3) is 17.1 Å². The summed E-state index contributed by atoms with van der Waals surface area (Å²) >= 11 is 1.26. The predicted octanol–water partition coefficient (Wildman–Crippen LogP) is 2.35.